The summed E-state index contributed by atoms with van der Waals surface area (Å²) in [5, 5.41) is 0.635. The maximum atomic E-state index is 6.01. The Morgan fingerprint density at radius 1 is 1.42 bits per heavy atom. The topological polar surface area (TPSA) is 3.24 Å². The Hall–Kier alpha value is -0.340. The second-order valence-corrected chi connectivity index (χ2v) is 7.40. The zero-order chi connectivity index (χ0) is 13.8. The lowest BCUT2D eigenvalue weighted by atomic mass is 10.1. The Morgan fingerprint density at radius 3 is 2.89 bits per heavy atom. The van der Waals surface area contributed by atoms with Crippen LogP contribution in [0.15, 0.2) is 34.9 Å². The van der Waals surface area contributed by atoms with Gasteiger partial charge in [-0.3, -0.25) is 0 Å². The minimum absolute atomic E-state index is 0.495. The third-order valence-corrected chi connectivity index (χ3v) is 5.40. The highest BCUT2D eigenvalue weighted by Crippen LogP contribution is 2.42. The van der Waals surface area contributed by atoms with E-state index in [-0.39, 0.29) is 0 Å². The summed E-state index contributed by atoms with van der Waals surface area (Å²) < 4.78 is 0. The molecule has 1 aliphatic carbocycles. The molecule has 1 heterocycles. The van der Waals surface area contributed by atoms with E-state index < -0.39 is 0 Å². The van der Waals surface area contributed by atoms with Crippen LogP contribution in [0.1, 0.15) is 33.6 Å². The second-order valence-electron chi connectivity index (χ2n) is 5.68. The van der Waals surface area contributed by atoms with Crippen LogP contribution in [-0.4, -0.2) is 28.6 Å². The van der Waals surface area contributed by atoms with Crippen molar-refractivity contribution >= 4 is 23.4 Å². The summed E-state index contributed by atoms with van der Waals surface area (Å²) in [5.74, 6) is 1.41. The molecule has 0 radical (unpaired) electrons. The fourth-order valence-corrected chi connectivity index (χ4v) is 4.63. The van der Waals surface area contributed by atoms with Crippen LogP contribution >= 0.6 is 23.4 Å². The first-order valence-electron chi connectivity index (χ1n) is 7.15. The van der Waals surface area contributed by atoms with Gasteiger partial charge < -0.3 is 4.90 Å². The second kappa shape index (κ2) is 6.90. The predicted octanol–water partition coefficient (Wildman–Crippen LogP) is 4.80. The predicted molar refractivity (Wildman–Crippen MR) is 87.6 cm³/mol. The number of nitrogens with zero attached hydrogens (tertiary/aromatic N) is 1. The van der Waals surface area contributed by atoms with Crippen LogP contribution in [0.3, 0.4) is 0 Å². The summed E-state index contributed by atoms with van der Waals surface area (Å²) >= 11 is 8.10. The molecule has 19 heavy (non-hydrogen) atoms. The van der Waals surface area contributed by atoms with E-state index in [2.05, 4.69) is 61.7 Å². The van der Waals surface area contributed by atoms with Crippen molar-refractivity contribution in [3.63, 3.8) is 0 Å². The van der Waals surface area contributed by atoms with Crippen molar-refractivity contribution < 1.29 is 0 Å². The highest BCUT2D eigenvalue weighted by Gasteiger charge is 2.32. The highest BCUT2D eigenvalue weighted by molar-refractivity contribution is 8.03. The standard InChI is InChI=1S/C16H24ClNS/c1-12(2)11-16-13(3)18(10-9-17)14-7-5-4-6-8-15(14)19-16/h4-7,12,14-15H,8-11H2,1-3H3. The molecule has 1 aliphatic heterocycles. The van der Waals surface area contributed by atoms with E-state index in [9.17, 15) is 0 Å². The average Bonchev–Trinajstić information content (AvgIpc) is 2.59. The first-order valence-corrected chi connectivity index (χ1v) is 8.57. The fourth-order valence-electron chi connectivity index (χ4n) is 2.78. The van der Waals surface area contributed by atoms with Crippen molar-refractivity contribution in [3.05, 3.63) is 34.9 Å². The molecule has 0 fully saturated rings. The molecule has 0 N–H and O–H groups in total. The van der Waals surface area contributed by atoms with Gasteiger partial charge in [0.1, 0.15) is 0 Å². The van der Waals surface area contributed by atoms with Crippen molar-refractivity contribution in [2.24, 2.45) is 5.92 Å². The molecule has 0 aromatic rings. The van der Waals surface area contributed by atoms with E-state index in [1.165, 1.54) is 12.1 Å². The molecule has 106 valence electrons. The van der Waals surface area contributed by atoms with Gasteiger partial charge in [0, 0.05) is 28.3 Å². The molecule has 0 aromatic heterocycles. The molecule has 2 unspecified atom stereocenters. The number of hydrogen-bond acceptors (Lipinski definition) is 2. The van der Waals surface area contributed by atoms with Crippen molar-refractivity contribution in [3.8, 4) is 0 Å². The summed E-state index contributed by atoms with van der Waals surface area (Å²) in [6, 6.07) is 0.495. The summed E-state index contributed by atoms with van der Waals surface area (Å²) in [6.45, 7) is 7.80. The van der Waals surface area contributed by atoms with Crippen LogP contribution in [0, 0.1) is 5.92 Å². The molecule has 2 atom stereocenters. The van der Waals surface area contributed by atoms with Crippen LogP contribution in [0.4, 0.5) is 0 Å². The molecular weight excluding hydrogens is 274 g/mol. The number of allylic oxidation sites excluding steroid dienone is 5. The van der Waals surface area contributed by atoms with E-state index >= 15 is 0 Å². The lowest BCUT2D eigenvalue weighted by molar-refractivity contribution is 0.295. The fraction of sp³-hybridized carbons (Fsp3) is 0.625. The van der Waals surface area contributed by atoms with Gasteiger partial charge in [-0.05, 0) is 25.7 Å². The SMILES string of the molecule is CC1=C(CC(C)C)SC2CC=CC=CC2N1CCCl. The van der Waals surface area contributed by atoms with Crippen LogP contribution in [0.5, 0.6) is 0 Å². The van der Waals surface area contributed by atoms with Gasteiger partial charge in [-0.1, -0.05) is 38.2 Å². The number of fused-ring (bicyclic) bond motifs is 1. The quantitative estimate of drug-likeness (QED) is 0.685. The number of alkyl halides is 1. The third-order valence-electron chi connectivity index (χ3n) is 3.71. The van der Waals surface area contributed by atoms with Crippen LogP contribution in [0.25, 0.3) is 0 Å². The number of hydrogen-bond donors (Lipinski definition) is 0. The monoisotopic (exact) mass is 297 g/mol. The van der Waals surface area contributed by atoms with Crippen molar-refractivity contribution in [1.82, 2.24) is 4.90 Å². The zero-order valence-electron chi connectivity index (χ0n) is 12.1. The summed E-state index contributed by atoms with van der Waals surface area (Å²) in [4.78, 5) is 4.07. The van der Waals surface area contributed by atoms with Crippen LogP contribution in [0.2, 0.25) is 0 Å². The first-order chi connectivity index (χ1) is 9.13. The van der Waals surface area contributed by atoms with Crippen molar-refractivity contribution in [1.29, 1.82) is 0 Å². The van der Waals surface area contributed by atoms with E-state index in [0.29, 0.717) is 23.1 Å². The summed E-state index contributed by atoms with van der Waals surface area (Å²) in [5.41, 5.74) is 1.44. The van der Waals surface area contributed by atoms with Gasteiger partial charge in [0.2, 0.25) is 0 Å². The number of thioether (sulfide) groups is 1. The lowest BCUT2D eigenvalue weighted by Gasteiger charge is -2.42. The molecule has 0 spiro atoms. The highest BCUT2D eigenvalue weighted by atomic mass is 35.5. The van der Waals surface area contributed by atoms with Gasteiger partial charge in [0.15, 0.2) is 0 Å². The first kappa shape index (κ1) is 15.1. The zero-order valence-corrected chi connectivity index (χ0v) is 13.7. The van der Waals surface area contributed by atoms with Gasteiger partial charge >= 0.3 is 0 Å². The molecule has 1 nitrogen and oxygen atoms in total. The Morgan fingerprint density at radius 2 is 2.21 bits per heavy atom. The van der Waals surface area contributed by atoms with Crippen LogP contribution in [-0.2, 0) is 0 Å². The summed E-state index contributed by atoms with van der Waals surface area (Å²) in [6.07, 6.45) is 11.3. The Labute approximate surface area is 126 Å². The van der Waals surface area contributed by atoms with E-state index in [4.69, 9.17) is 11.6 Å². The third kappa shape index (κ3) is 3.61. The normalized spacial score (nSPS) is 26.9. The molecule has 0 saturated heterocycles. The molecular formula is C16H24ClNS. The van der Waals surface area contributed by atoms with Gasteiger partial charge in [0.25, 0.3) is 0 Å². The Balaban J connectivity index is 2.27. The smallest absolute Gasteiger partial charge is 0.0599 e. The molecule has 0 amide bonds. The molecule has 2 rings (SSSR count). The molecule has 3 heteroatoms. The molecule has 0 aromatic carbocycles. The summed E-state index contributed by atoms with van der Waals surface area (Å²) in [7, 11) is 0. The maximum Gasteiger partial charge on any atom is 0.0599 e. The van der Waals surface area contributed by atoms with E-state index in [0.717, 1.165) is 13.0 Å². The van der Waals surface area contributed by atoms with Crippen molar-refractivity contribution in [2.45, 2.75) is 44.9 Å². The molecule has 0 saturated carbocycles. The molecule has 2 aliphatic rings. The number of halogens is 1. The van der Waals surface area contributed by atoms with E-state index in [1.807, 2.05) is 0 Å². The Bertz CT molecular complexity index is 398. The van der Waals surface area contributed by atoms with Gasteiger partial charge in [-0.2, -0.15) is 0 Å². The van der Waals surface area contributed by atoms with Crippen LogP contribution < -0.4 is 0 Å². The number of rotatable bonds is 4. The lowest BCUT2D eigenvalue weighted by Crippen LogP contribution is -2.43. The Kier molecular flexibility index (Phi) is 5.47. The van der Waals surface area contributed by atoms with Crippen molar-refractivity contribution in [2.75, 3.05) is 12.4 Å². The van der Waals surface area contributed by atoms with Gasteiger partial charge in [-0.15, -0.1) is 23.4 Å². The maximum absolute atomic E-state index is 6.01. The molecule has 0 bridgehead atoms. The van der Waals surface area contributed by atoms with Gasteiger partial charge in [0.05, 0.1) is 6.04 Å². The van der Waals surface area contributed by atoms with Gasteiger partial charge in [-0.25, -0.2) is 0 Å². The minimum atomic E-state index is 0.495. The average molecular weight is 298 g/mol. The largest absolute Gasteiger partial charge is 0.366 e. The minimum Gasteiger partial charge on any atom is -0.366 e. The van der Waals surface area contributed by atoms with E-state index in [1.54, 1.807) is 4.91 Å².